The van der Waals surface area contributed by atoms with Gasteiger partial charge in [0.1, 0.15) is 11.3 Å². The minimum absolute atomic E-state index is 0.0278. The quantitative estimate of drug-likeness (QED) is 0.749. The standard InChI is InChI=1S/C21H18F3N3O3/c1-3-10-26-19(30)27(15-7-4-13(12-25)17(11-15)21(22,23)24)18(29)20(26,2)14-5-8-16(28)9-6-14/h4-9,11,28H,3,10H2,1-2H3. The van der Waals surface area contributed by atoms with Gasteiger partial charge in [-0.3, -0.25) is 4.79 Å². The SMILES string of the molecule is CCCN1C(=O)N(c2ccc(C#N)c(C(F)(F)F)c2)C(=O)C1(C)c1ccc(O)cc1. The molecule has 0 bridgehead atoms. The number of alkyl halides is 3. The van der Waals surface area contributed by atoms with E-state index in [1.807, 2.05) is 0 Å². The molecule has 156 valence electrons. The van der Waals surface area contributed by atoms with Crippen molar-refractivity contribution >= 4 is 17.6 Å². The monoisotopic (exact) mass is 417 g/mol. The van der Waals surface area contributed by atoms with Crippen LogP contribution in [0.2, 0.25) is 0 Å². The first-order valence-corrected chi connectivity index (χ1v) is 9.12. The van der Waals surface area contributed by atoms with E-state index in [1.165, 1.54) is 42.2 Å². The summed E-state index contributed by atoms with van der Waals surface area (Å²) in [5.74, 6) is -0.746. The van der Waals surface area contributed by atoms with Gasteiger partial charge in [-0.15, -0.1) is 0 Å². The fourth-order valence-corrected chi connectivity index (χ4v) is 3.57. The molecule has 30 heavy (non-hydrogen) atoms. The highest BCUT2D eigenvalue weighted by atomic mass is 19.4. The molecular formula is C21H18F3N3O3. The van der Waals surface area contributed by atoms with Crippen LogP contribution in [0.25, 0.3) is 0 Å². The van der Waals surface area contributed by atoms with Gasteiger partial charge in [0, 0.05) is 6.54 Å². The molecule has 1 fully saturated rings. The van der Waals surface area contributed by atoms with Crippen molar-refractivity contribution in [2.45, 2.75) is 32.0 Å². The Morgan fingerprint density at radius 1 is 1.13 bits per heavy atom. The third kappa shape index (κ3) is 3.24. The number of nitriles is 1. The number of imide groups is 1. The predicted molar refractivity (Wildman–Crippen MR) is 101 cm³/mol. The lowest BCUT2D eigenvalue weighted by Crippen LogP contribution is -2.44. The van der Waals surface area contributed by atoms with Gasteiger partial charge in [0.15, 0.2) is 0 Å². The number of hydrogen-bond donors (Lipinski definition) is 1. The predicted octanol–water partition coefficient (Wildman–Crippen LogP) is 4.38. The van der Waals surface area contributed by atoms with E-state index in [9.17, 15) is 27.9 Å². The van der Waals surface area contributed by atoms with Crippen LogP contribution in [0, 0.1) is 11.3 Å². The van der Waals surface area contributed by atoms with E-state index < -0.39 is 34.8 Å². The van der Waals surface area contributed by atoms with E-state index >= 15 is 0 Å². The zero-order chi connectivity index (χ0) is 22.3. The van der Waals surface area contributed by atoms with Crippen LogP contribution >= 0.6 is 0 Å². The van der Waals surface area contributed by atoms with E-state index in [0.29, 0.717) is 23.0 Å². The minimum atomic E-state index is -4.82. The summed E-state index contributed by atoms with van der Waals surface area (Å²) in [7, 11) is 0. The maximum atomic E-state index is 13.4. The number of halogens is 3. The van der Waals surface area contributed by atoms with Gasteiger partial charge in [-0.25, -0.2) is 9.69 Å². The van der Waals surface area contributed by atoms with Crippen molar-refractivity contribution in [1.29, 1.82) is 5.26 Å². The van der Waals surface area contributed by atoms with Gasteiger partial charge in [0.25, 0.3) is 5.91 Å². The molecule has 0 spiro atoms. The fraction of sp³-hybridized carbons (Fsp3) is 0.286. The number of rotatable bonds is 4. The van der Waals surface area contributed by atoms with Crippen molar-refractivity contribution < 1.29 is 27.9 Å². The molecule has 3 rings (SSSR count). The van der Waals surface area contributed by atoms with Crippen molar-refractivity contribution in [2.75, 3.05) is 11.4 Å². The minimum Gasteiger partial charge on any atom is -0.508 e. The lowest BCUT2D eigenvalue weighted by atomic mass is 9.90. The van der Waals surface area contributed by atoms with Gasteiger partial charge < -0.3 is 10.0 Å². The number of amides is 3. The molecule has 1 heterocycles. The second-order valence-corrected chi connectivity index (χ2v) is 7.03. The summed E-state index contributed by atoms with van der Waals surface area (Å²) in [5, 5.41) is 18.5. The van der Waals surface area contributed by atoms with E-state index in [2.05, 4.69) is 0 Å². The first-order chi connectivity index (χ1) is 14.1. The van der Waals surface area contributed by atoms with Crippen LogP contribution in [0.4, 0.5) is 23.7 Å². The number of nitrogens with zero attached hydrogens (tertiary/aromatic N) is 3. The Morgan fingerprint density at radius 3 is 2.30 bits per heavy atom. The van der Waals surface area contributed by atoms with Crippen LogP contribution in [0.3, 0.4) is 0 Å². The molecule has 2 aromatic carbocycles. The Balaban J connectivity index is 2.16. The number of anilines is 1. The lowest BCUT2D eigenvalue weighted by Gasteiger charge is -2.31. The van der Waals surface area contributed by atoms with E-state index in [4.69, 9.17) is 5.26 Å². The summed E-state index contributed by atoms with van der Waals surface area (Å²) in [4.78, 5) is 28.5. The summed E-state index contributed by atoms with van der Waals surface area (Å²) in [6, 6.07) is 9.18. The summed E-state index contributed by atoms with van der Waals surface area (Å²) in [6.07, 6.45) is -4.31. The van der Waals surface area contributed by atoms with E-state index in [-0.39, 0.29) is 18.0 Å². The smallest absolute Gasteiger partial charge is 0.417 e. The topological polar surface area (TPSA) is 84.6 Å². The normalized spacial score (nSPS) is 19.3. The molecule has 9 heteroatoms. The molecule has 0 radical (unpaired) electrons. The average molecular weight is 417 g/mol. The first-order valence-electron chi connectivity index (χ1n) is 9.12. The summed E-state index contributed by atoms with van der Waals surface area (Å²) < 4.78 is 40.1. The van der Waals surface area contributed by atoms with Crippen molar-refractivity contribution in [1.82, 2.24) is 4.90 Å². The molecule has 0 aromatic heterocycles. The van der Waals surface area contributed by atoms with Crippen LogP contribution in [-0.2, 0) is 16.5 Å². The maximum absolute atomic E-state index is 13.4. The Hall–Kier alpha value is -3.54. The Bertz CT molecular complexity index is 1040. The number of benzene rings is 2. The number of phenolic OH excluding ortho intramolecular Hbond substituents is 1. The van der Waals surface area contributed by atoms with Crippen molar-refractivity contribution in [3.63, 3.8) is 0 Å². The van der Waals surface area contributed by atoms with Crippen LogP contribution in [0.5, 0.6) is 5.75 Å². The molecule has 0 saturated carbocycles. The maximum Gasteiger partial charge on any atom is 0.417 e. The van der Waals surface area contributed by atoms with Crippen molar-refractivity contribution in [2.24, 2.45) is 0 Å². The van der Waals surface area contributed by atoms with Gasteiger partial charge in [0.05, 0.1) is 22.9 Å². The van der Waals surface area contributed by atoms with Gasteiger partial charge in [-0.1, -0.05) is 19.1 Å². The summed E-state index contributed by atoms with van der Waals surface area (Å²) in [6.45, 7) is 3.52. The number of carbonyl (C=O) groups is 2. The van der Waals surface area contributed by atoms with Crippen LogP contribution in [0.15, 0.2) is 42.5 Å². The highest BCUT2D eigenvalue weighted by molar-refractivity contribution is 6.23. The molecular weight excluding hydrogens is 399 g/mol. The number of urea groups is 1. The lowest BCUT2D eigenvalue weighted by molar-refractivity contribution is -0.137. The fourth-order valence-electron chi connectivity index (χ4n) is 3.57. The molecule has 1 atom stereocenters. The largest absolute Gasteiger partial charge is 0.508 e. The molecule has 2 aromatic rings. The number of phenols is 1. The first kappa shape index (κ1) is 21.2. The van der Waals surface area contributed by atoms with Crippen LogP contribution < -0.4 is 4.90 Å². The molecule has 1 saturated heterocycles. The second kappa shape index (κ2) is 7.37. The molecule has 6 nitrogen and oxygen atoms in total. The van der Waals surface area contributed by atoms with Crippen molar-refractivity contribution in [3.05, 3.63) is 59.2 Å². The molecule has 0 aliphatic carbocycles. The molecule has 1 aliphatic heterocycles. The van der Waals surface area contributed by atoms with Crippen LogP contribution in [0.1, 0.15) is 37.0 Å². The zero-order valence-electron chi connectivity index (χ0n) is 16.2. The zero-order valence-corrected chi connectivity index (χ0v) is 16.2. The summed E-state index contributed by atoms with van der Waals surface area (Å²) in [5.41, 5.74) is -3.13. The van der Waals surface area contributed by atoms with Gasteiger partial charge in [-0.2, -0.15) is 18.4 Å². The highest BCUT2D eigenvalue weighted by Crippen LogP contribution is 2.42. The third-order valence-electron chi connectivity index (χ3n) is 5.15. The van der Waals surface area contributed by atoms with Crippen molar-refractivity contribution in [3.8, 4) is 11.8 Å². The molecule has 1 unspecified atom stereocenters. The second-order valence-electron chi connectivity index (χ2n) is 7.03. The van der Waals surface area contributed by atoms with E-state index in [0.717, 1.165) is 12.1 Å². The van der Waals surface area contributed by atoms with Gasteiger partial charge in [-0.05, 0) is 49.2 Å². The van der Waals surface area contributed by atoms with Gasteiger partial charge in [0.2, 0.25) is 0 Å². The summed E-state index contributed by atoms with van der Waals surface area (Å²) >= 11 is 0. The number of hydrogen-bond acceptors (Lipinski definition) is 4. The number of aromatic hydroxyl groups is 1. The highest BCUT2D eigenvalue weighted by Gasteiger charge is 2.55. The molecule has 1 N–H and O–H groups in total. The third-order valence-corrected chi connectivity index (χ3v) is 5.15. The number of carbonyl (C=O) groups excluding carboxylic acids is 2. The average Bonchev–Trinajstić information content (AvgIpc) is 2.89. The molecule has 3 amide bonds. The Labute approximate surface area is 170 Å². The van der Waals surface area contributed by atoms with Gasteiger partial charge >= 0.3 is 12.2 Å². The van der Waals surface area contributed by atoms with Crippen LogP contribution in [-0.4, -0.2) is 28.5 Å². The molecule has 1 aliphatic rings. The Morgan fingerprint density at radius 2 is 1.77 bits per heavy atom. The Kier molecular flexibility index (Phi) is 5.20. The van der Waals surface area contributed by atoms with E-state index in [1.54, 1.807) is 6.92 Å².